The molecule has 0 bridgehead atoms. The molecule has 184 valence electrons. The van der Waals surface area contributed by atoms with E-state index in [-0.39, 0.29) is 11.9 Å². The topological polar surface area (TPSA) is 87.5 Å². The minimum absolute atomic E-state index is 0.187. The fraction of sp³-hybridized carbons (Fsp3) is 0.500. The van der Waals surface area contributed by atoms with E-state index in [4.69, 9.17) is 4.74 Å². The zero-order valence-electron chi connectivity index (χ0n) is 20.5. The molecule has 2 saturated heterocycles. The highest BCUT2D eigenvalue weighted by atomic mass is 32.1. The molecule has 2 N–H and O–H groups in total. The molecule has 35 heavy (non-hydrogen) atoms. The number of aryl methyl sites for hydroxylation is 1. The Hall–Kier alpha value is -2.75. The number of piperidine rings is 1. The van der Waals surface area contributed by atoms with Crippen molar-refractivity contribution in [2.24, 2.45) is 0 Å². The van der Waals surface area contributed by atoms with Gasteiger partial charge >= 0.3 is 0 Å². The number of hydrogen-bond donors (Lipinski definition) is 2. The van der Waals surface area contributed by atoms with Crippen LogP contribution in [-0.2, 0) is 9.53 Å². The Bertz CT molecular complexity index is 1370. The normalized spacial score (nSPS) is 19.9. The number of pyridine rings is 1. The van der Waals surface area contributed by atoms with E-state index < -0.39 is 0 Å². The molecule has 0 aliphatic carbocycles. The van der Waals surface area contributed by atoms with Crippen molar-refractivity contribution < 1.29 is 9.53 Å². The first-order chi connectivity index (χ1) is 17.0. The van der Waals surface area contributed by atoms with Gasteiger partial charge in [0, 0.05) is 36.3 Å². The molecule has 8 nitrogen and oxygen atoms in total. The molecule has 0 saturated carbocycles. The SMILES string of the molecule is Cc1cc(-c2[nH]c3cc(C4CCN(C(=O)[C@H]5COCCN5)CC4)sc3c2C(C)C)cn2ncnc12. The predicted octanol–water partition coefficient (Wildman–Crippen LogP) is 4.07. The third-order valence-electron chi connectivity index (χ3n) is 7.38. The number of hydrogen-bond acceptors (Lipinski definition) is 6. The van der Waals surface area contributed by atoms with Gasteiger partial charge in [-0.1, -0.05) is 13.8 Å². The molecule has 6 heterocycles. The fourth-order valence-corrected chi connectivity index (χ4v) is 7.04. The van der Waals surface area contributed by atoms with E-state index in [1.54, 1.807) is 6.33 Å². The smallest absolute Gasteiger partial charge is 0.242 e. The number of aromatic nitrogens is 4. The number of aromatic amines is 1. The van der Waals surface area contributed by atoms with Gasteiger partial charge in [0.05, 0.1) is 29.1 Å². The van der Waals surface area contributed by atoms with E-state index in [9.17, 15) is 4.79 Å². The average molecular weight is 493 g/mol. The van der Waals surface area contributed by atoms with Gasteiger partial charge in [-0.25, -0.2) is 9.50 Å². The quantitative estimate of drug-likeness (QED) is 0.449. The maximum Gasteiger partial charge on any atom is 0.242 e. The zero-order chi connectivity index (χ0) is 24.1. The molecule has 0 aromatic carbocycles. The number of nitrogens with one attached hydrogen (secondary N) is 2. The van der Waals surface area contributed by atoms with Gasteiger partial charge in [-0.3, -0.25) is 4.79 Å². The van der Waals surface area contributed by atoms with Crippen LogP contribution >= 0.6 is 11.3 Å². The van der Waals surface area contributed by atoms with Crippen LogP contribution in [0.25, 0.3) is 27.1 Å². The summed E-state index contributed by atoms with van der Waals surface area (Å²) in [7, 11) is 0. The van der Waals surface area contributed by atoms with E-state index in [0.29, 0.717) is 25.0 Å². The Morgan fingerprint density at radius 2 is 2.09 bits per heavy atom. The first-order valence-electron chi connectivity index (χ1n) is 12.5. The number of H-pyrrole nitrogens is 1. The van der Waals surface area contributed by atoms with Gasteiger partial charge in [-0.05, 0) is 54.9 Å². The average Bonchev–Trinajstić information content (AvgIpc) is 3.58. The molecule has 4 aromatic rings. The third-order valence-corrected chi connectivity index (χ3v) is 8.71. The highest BCUT2D eigenvalue weighted by Crippen LogP contribution is 2.43. The molecule has 2 aliphatic heterocycles. The highest BCUT2D eigenvalue weighted by Gasteiger charge is 2.31. The summed E-state index contributed by atoms with van der Waals surface area (Å²) < 4.78 is 8.70. The maximum atomic E-state index is 12.8. The summed E-state index contributed by atoms with van der Waals surface area (Å²) in [6, 6.07) is 4.35. The lowest BCUT2D eigenvalue weighted by molar-refractivity contribution is -0.137. The van der Waals surface area contributed by atoms with Gasteiger partial charge in [0.25, 0.3) is 0 Å². The first kappa shape index (κ1) is 22.7. The summed E-state index contributed by atoms with van der Waals surface area (Å²) in [6.45, 7) is 10.2. The molecule has 2 fully saturated rings. The highest BCUT2D eigenvalue weighted by molar-refractivity contribution is 7.19. The van der Waals surface area contributed by atoms with E-state index >= 15 is 0 Å². The van der Waals surface area contributed by atoms with Crippen molar-refractivity contribution >= 4 is 33.1 Å². The summed E-state index contributed by atoms with van der Waals surface area (Å²) in [6.07, 6.45) is 5.69. The van der Waals surface area contributed by atoms with Crippen LogP contribution in [0.4, 0.5) is 0 Å². The molecule has 9 heteroatoms. The second-order valence-corrected chi connectivity index (χ2v) is 11.2. The second-order valence-electron chi connectivity index (χ2n) is 10.1. The van der Waals surface area contributed by atoms with Gasteiger partial charge in [-0.15, -0.1) is 11.3 Å². The molecule has 2 aliphatic rings. The monoisotopic (exact) mass is 492 g/mol. The van der Waals surface area contributed by atoms with Crippen LogP contribution in [0.3, 0.4) is 0 Å². The Morgan fingerprint density at radius 1 is 1.26 bits per heavy atom. The number of rotatable bonds is 4. The lowest BCUT2D eigenvalue weighted by atomic mass is 9.94. The lowest BCUT2D eigenvalue weighted by Crippen LogP contribution is -2.53. The predicted molar refractivity (Wildman–Crippen MR) is 138 cm³/mol. The van der Waals surface area contributed by atoms with Gasteiger partial charge < -0.3 is 19.9 Å². The summed E-state index contributed by atoms with van der Waals surface area (Å²) in [4.78, 5) is 24.4. The largest absolute Gasteiger partial charge is 0.378 e. The third kappa shape index (κ3) is 4.05. The molecular formula is C26H32N6O2S. The van der Waals surface area contributed by atoms with Crippen LogP contribution in [0, 0.1) is 6.92 Å². The number of carbonyl (C=O) groups is 1. The molecule has 0 radical (unpaired) electrons. The number of likely N-dealkylation sites (tertiary alicyclic amines) is 1. The Morgan fingerprint density at radius 3 is 2.83 bits per heavy atom. The van der Waals surface area contributed by atoms with Crippen LogP contribution in [0.1, 0.15) is 54.5 Å². The molecule has 1 atom stereocenters. The van der Waals surface area contributed by atoms with E-state index in [1.807, 2.05) is 20.8 Å². The molecule has 6 rings (SSSR count). The minimum Gasteiger partial charge on any atom is -0.378 e. The number of ether oxygens (including phenoxy) is 1. The molecule has 1 amide bonds. The maximum absolute atomic E-state index is 12.8. The molecule has 4 aromatic heterocycles. The second kappa shape index (κ2) is 9.04. The van der Waals surface area contributed by atoms with Crippen molar-refractivity contribution in [3.8, 4) is 11.3 Å². The fourth-order valence-electron chi connectivity index (χ4n) is 5.56. The number of amides is 1. The lowest BCUT2D eigenvalue weighted by Gasteiger charge is -2.35. The molecule has 0 unspecified atom stereocenters. The van der Waals surface area contributed by atoms with E-state index in [2.05, 4.69) is 59.5 Å². The van der Waals surface area contributed by atoms with Gasteiger partial charge in [0.2, 0.25) is 5.91 Å². The summed E-state index contributed by atoms with van der Waals surface area (Å²) >= 11 is 1.92. The number of morpholine rings is 1. The zero-order valence-corrected chi connectivity index (χ0v) is 21.3. The Labute approximate surface area is 208 Å². The van der Waals surface area contributed by atoms with Gasteiger partial charge in [0.15, 0.2) is 5.65 Å². The standard InChI is InChI=1S/C26H32N6O2S/c1-15(2)22-23(18-10-16(3)25-28-14-29-32(25)12-18)30-19-11-21(35-24(19)22)17-4-7-31(8-5-17)26(33)20-13-34-9-6-27-20/h10-12,14-15,17,20,27,30H,4-9,13H2,1-3H3/t20-/m1/s1. The van der Waals surface area contributed by atoms with Gasteiger partial charge in [-0.2, -0.15) is 5.10 Å². The number of fused-ring (bicyclic) bond motifs is 2. The van der Waals surface area contributed by atoms with E-state index in [1.165, 1.54) is 26.4 Å². The van der Waals surface area contributed by atoms with Crippen LogP contribution in [0.2, 0.25) is 0 Å². The van der Waals surface area contributed by atoms with Crippen molar-refractivity contribution in [2.75, 3.05) is 32.8 Å². The van der Waals surface area contributed by atoms with Crippen LogP contribution < -0.4 is 5.32 Å². The number of carbonyl (C=O) groups excluding carboxylic acids is 1. The first-order valence-corrected chi connectivity index (χ1v) is 13.4. The van der Waals surface area contributed by atoms with Crippen molar-refractivity contribution in [3.63, 3.8) is 0 Å². The van der Waals surface area contributed by atoms with Crippen LogP contribution in [-0.4, -0.2) is 69.3 Å². The van der Waals surface area contributed by atoms with Crippen molar-refractivity contribution in [2.45, 2.75) is 51.5 Å². The Balaban J connectivity index is 1.24. The number of nitrogens with zero attached hydrogens (tertiary/aromatic N) is 4. The summed E-state index contributed by atoms with van der Waals surface area (Å²) in [5, 5.41) is 7.65. The minimum atomic E-state index is -0.187. The summed E-state index contributed by atoms with van der Waals surface area (Å²) in [5.41, 5.74) is 6.90. The Kier molecular flexibility index (Phi) is 5.86. The van der Waals surface area contributed by atoms with Crippen molar-refractivity contribution in [1.82, 2.24) is 29.8 Å². The van der Waals surface area contributed by atoms with Crippen molar-refractivity contribution in [1.29, 1.82) is 0 Å². The van der Waals surface area contributed by atoms with Gasteiger partial charge in [0.1, 0.15) is 12.4 Å². The van der Waals surface area contributed by atoms with Crippen LogP contribution in [0.15, 0.2) is 24.7 Å². The molecular weight excluding hydrogens is 460 g/mol. The summed E-state index contributed by atoms with van der Waals surface area (Å²) in [5.74, 6) is 1.08. The number of thiophene rings is 1. The van der Waals surface area contributed by atoms with Crippen LogP contribution in [0.5, 0.6) is 0 Å². The van der Waals surface area contributed by atoms with Crippen molar-refractivity contribution in [3.05, 3.63) is 40.7 Å². The molecule has 0 spiro atoms. The van der Waals surface area contributed by atoms with E-state index in [0.717, 1.165) is 49.2 Å².